The number of hydrogen-bond acceptors (Lipinski definition) is 4. The molecule has 1 aliphatic heterocycles. The Balaban J connectivity index is 0.000000444. The van der Waals surface area contributed by atoms with Gasteiger partial charge in [0.2, 0.25) is 0 Å². The fraction of sp³-hybridized carbons (Fsp3) is 0.333. The Morgan fingerprint density at radius 3 is 2.28 bits per heavy atom. The first-order valence-corrected chi connectivity index (χ1v) is 14.0. The lowest BCUT2D eigenvalue weighted by atomic mass is 9.92. The first kappa shape index (κ1) is 28.2. The van der Waals surface area contributed by atoms with Gasteiger partial charge in [-0.2, -0.15) is 13.2 Å². The number of ether oxygens (including phenoxy) is 1. The zero-order chi connectivity index (χ0) is 26.6. The van der Waals surface area contributed by atoms with Crippen molar-refractivity contribution in [2.75, 3.05) is 12.9 Å². The predicted molar refractivity (Wildman–Crippen MR) is 134 cm³/mol. The Bertz CT molecular complexity index is 1280. The van der Waals surface area contributed by atoms with Gasteiger partial charge in [0.25, 0.3) is 0 Å². The van der Waals surface area contributed by atoms with Crippen LogP contribution in [0.3, 0.4) is 0 Å². The molecule has 0 N–H and O–H groups in total. The minimum absolute atomic E-state index is 0.0605. The van der Waals surface area contributed by atoms with Crippen molar-refractivity contribution < 1.29 is 30.7 Å². The zero-order valence-electron chi connectivity index (χ0n) is 20.2. The topological polar surface area (TPSA) is 43.4 Å². The molecule has 2 atom stereocenters. The third-order valence-corrected chi connectivity index (χ3v) is 9.47. The fourth-order valence-corrected chi connectivity index (χ4v) is 6.31. The van der Waals surface area contributed by atoms with Crippen molar-refractivity contribution in [3.05, 3.63) is 95.3 Å². The fourth-order valence-electron chi connectivity index (χ4n) is 3.96. The summed E-state index contributed by atoms with van der Waals surface area (Å²) < 4.78 is 83.8. The van der Waals surface area contributed by atoms with Gasteiger partial charge >= 0.3 is 6.18 Å². The molecule has 0 saturated carbocycles. The van der Waals surface area contributed by atoms with Gasteiger partial charge in [-0.25, -0.2) is 12.8 Å². The molecule has 0 bridgehead atoms. The number of halogens is 4. The minimum Gasteiger partial charge on any atom is -0.373 e. The summed E-state index contributed by atoms with van der Waals surface area (Å²) in [6, 6.07) is 18.5. The van der Waals surface area contributed by atoms with Crippen LogP contribution >= 0.6 is 11.8 Å². The monoisotopic (exact) mass is 540 g/mol. The van der Waals surface area contributed by atoms with Crippen molar-refractivity contribution in [1.29, 1.82) is 0 Å². The number of hydrogen-bond donors (Lipinski definition) is 0. The Labute approximate surface area is 213 Å². The van der Waals surface area contributed by atoms with Crippen LogP contribution in [0.25, 0.3) is 0 Å². The predicted octanol–water partition coefficient (Wildman–Crippen LogP) is 7.65. The standard InChI is InChI=1S/C20H20F4O3S2.C7H8/c1-19(29(25,26)15-5-3-4-14(11-15)20(22,23)24)8-9-27-17(12-19)13-6-7-16(21)18(10-13)28-2;1-7-5-3-2-4-6-7/h3-7,10-11,17H,8-9,12H2,1-2H3;2-6H,1H3. The SMILES string of the molecule is CSc1cc(C2CC(C)(S(=O)(=O)c3cccc(C(F)(F)F)c3)CCO2)ccc1F.Cc1ccccc1. The number of benzene rings is 3. The Morgan fingerprint density at radius 2 is 1.69 bits per heavy atom. The molecule has 1 fully saturated rings. The smallest absolute Gasteiger partial charge is 0.373 e. The van der Waals surface area contributed by atoms with E-state index in [9.17, 15) is 26.0 Å². The van der Waals surface area contributed by atoms with E-state index in [1.165, 1.54) is 36.4 Å². The third kappa shape index (κ3) is 6.49. The second kappa shape index (κ2) is 11.4. The van der Waals surface area contributed by atoms with Crippen LogP contribution in [0.2, 0.25) is 0 Å². The van der Waals surface area contributed by atoms with E-state index in [1.54, 1.807) is 18.4 Å². The molecule has 1 aliphatic rings. The van der Waals surface area contributed by atoms with Crippen molar-refractivity contribution in [2.24, 2.45) is 0 Å². The molecule has 36 heavy (non-hydrogen) atoms. The van der Waals surface area contributed by atoms with Crippen LogP contribution in [0.5, 0.6) is 0 Å². The number of rotatable bonds is 4. The number of aryl methyl sites for hydroxylation is 1. The van der Waals surface area contributed by atoms with Crippen molar-refractivity contribution in [3.63, 3.8) is 0 Å². The first-order valence-electron chi connectivity index (χ1n) is 11.3. The minimum atomic E-state index is -4.63. The van der Waals surface area contributed by atoms with E-state index < -0.39 is 32.4 Å². The highest BCUT2D eigenvalue weighted by molar-refractivity contribution is 7.98. The van der Waals surface area contributed by atoms with Gasteiger partial charge in [-0.3, -0.25) is 0 Å². The molecule has 9 heteroatoms. The molecule has 3 aromatic rings. The normalized spacial score (nSPS) is 20.4. The maximum Gasteiger partial charge on any atom is 0.416 e. The molecule has 0 aliphatic carbocycles. The Kier molecular flexibility index (Phi) is 8.90. The molecule has 1 saturated heterocycles. The molecule has 0 aromatic heterocycles. The summed E-state index contributed by atoms with van der Waals surface area (Å²) in [4.78, 5) is 0.0542. The Hall–Kier alpha value is -2.36. The van der Waals surface area contributed by atoms with Gasteiger partial charge in [-0.15, -0.1) is 11.8 Å². The molecule has 0 radical (unpaired) electrons. The van der Waals surface area contributed by atoms with Crippen LogP contribution < -0.4 is 0 Å². The van der Waals surface area contributed by atoms with Crippen LogP contribution in [-0.4, -0.2) is 26.0 Å². The summed E-state index contributed by atoms with van der Waals surface area (Å²) in [5.41, 5.74) is 0.956. The van der Waals surface area contributed by atoms with E-state index in [2.05, 4.69) is 19.1 Å². The van der Waals surface area contributed by atoms with E-state index in [-0.39, 0.29) is 30.2 Å². The molecule has 2 unspecified atom stereocenters. The first-order chi connectivity index (χ1) is 16.9. The molecule has 1 heterocycles. The number of thioether (sulfide) groups is 1. The summed E-state index contributed by atoms with van der Waals surface area (Å²) in [7, 11) is -4.07. The van der Waals surface area contributed by atoms with Crippen LogP contribution in [0.15, 0.2) is 82.6 Å². The van der Waals surface area contributed by atoms with E-state index in [0.29, 0.717) is 16.5 Å². The molecular formula is C27H28F4O3S2. The highest BCUT2D eigenvalue weighted by Crippen LogP contribution is 2.43. The lowest BCUT2D eigenvalue weighted by molar-refractivity contribution is -0.137. The van der Waals surface area contributed by atoms with E-state index in [0.717, 1.165) is 12.1 Å². The summed E-state index contributed by atoms with van der Waals surface area (Å²) >= 11 is 1.22. The maximum atomic E-state index is 13.8. The van der Waals surface area contributed by atoms with Crippen LogP contribution in [0, 0.1) is 12.7 Å². The summed E-state index contributed by atoms with van der Waals surface area (Å²) in [5.74, 6) is -0.378. The molecule has 4 rings (SSSR count). The number of sulfone groups is 1. The van der Waals surface area contributed by atoms with E-state index in [1.807, 2.05) is 18.2 Å². The molecule has 3 nitrogen and oxygen atoms in total. The van der Waals surface area contributed by atoms with E-state index in [4.69, 9.17) is 4.74 Å². The summed E-state index contributed by atoms with van der Waals surface area (Å²) in [5, 5.41) is 0. The lowest BCUT2D eigenvalue weighted by Crippen LogP contribution is -2.42. The van der Waals surface area contributed by atoms with Gasteiger partial charge in [-0.1, -0.05) is 48.0 Å². The van der Waals surface area contributed by atoms with Gasteiger partial charge in [0.05, 0.1) is 21.3 Å². The van der Waals surface area contributed by atoms with Gasteiger partial charge in [-0.05, 0) is 68.8 Å². The highest BCUT2D eigenvalue weighted by Gasteiger charge is 2.45. The molecule has 3 aromatic carbocycles. The number of alkyl halides is 3. The molecule has 0 amide bonds. The Morgan fingerprint density at radius 1 is 1.00 bits per heavy atom. The second-order valence-corrected chi connectivity index (χ2v) is 12.2. The third-order valence-electron chi connectivity index (χ3n) is 6.17. The van der Waals surface area contributed by atoms with Crippen LogP contribution in [0.4, 0.5) is 17.6 Å². The van der Waals surface area contributed by atoms with Crippen molar-refractivity contribution >= 4 is 21.6 Å². The van der Waals surface area contributed by atoms with Gasteiger partial charge in [0, 0.05) is 11.5 Å². The van der Waals surface area contributed by atoms with E-state index >= 15 is 0 Å². The molecule has 0 spiro atoms. The lowest BCUT2D eigenvalue weighted by Gasteiger charge is -2.38. The van der Waals surface area contributed by atoms with Crippen molar-refractivity contribution in [1.82, 2.24) is 0 Å². The average molecular weight is 541 g/mol. The zero-order valence-corrected chi connectivity index (χ0v) is 21.8. The molecule has 194 valence electrons. The molecular weight excluding hydrogens is 512 g/mol. The largest absolute Gasteiger partial charge is 0.416 e. The summed E-state index contributed by atoms with van der Waals surface area (Å²) in [6.45, 7) is 3.74. The summed E-state index contributed by atoms with van der Waals surface area (Å²) in [6.07, 6.45) is -3.29. The highest BCUT2D eigenvalue weighted by atomic mass is 32.2. The maximum absolute atomic E-state index is 13.8. The van der Waals surface area contributed by atoms with Gasteiger partial charge in [0.1, 0.15) is 5.82 Å². The van der Waals surface area contributed by atoms with Gasteiger partial charge < -0.3 is 4.74 Å². The van der Waals surface area contributed by atoms with Crippen LogP contribution in [0.1, 0.15) is 42.6 Å². The second-order valence-electron chi connectivity index (χ2n) is 8.84. The van der Waals surface area contributed by atoms with Gasteiger partial charge in [0.15, 0.2) is 9.84 Å². The average Bonchev–Trinajstić information content (AvgIpc) is 2.85. The van der Waals surface area contributed by atoms with Crippen molar-refractivity contribution in [3.8, 4) is 0 Å². The quantitative estimate of drug-likeness (QED) is 0.252. The van der Waals surface area contributed by atoms with Crippen molar-refractivity contribution in [2.45, 2.75) is 53.5 Å². The van der Waals surface area contributed by atoms with Crippen LogP contribution in [-0.2, 0) is 20.8 Å².